The fourth-order valence-corrected chi connectivity index (χ4v) is 4.19. The van der Waals surface area contributed by atoms with E-state index in [4.69, 9.17) is 5.11 Å². The number of rotatable bonds is 6. The summed E-state index contributed by atoms with van der Waals surface area (Å²) < 4.78 is 41.2. The van der Waals surface area contributed by atoms with Gasteiger partial charge in [-0.15, -0.1) is 0 Å². The fourth-order valence-electron chi connectivity index (χ4n) is 2.74. The lowest BCUT2D eigenvalue weighted by molar-refractivity contribution is 0.133. The van der Waals surface area contributed by atoms with Crippen molar-refractivity contribution in [2.45, 2.75) is 51.0 Å². The molecule has 118 valence electrons. The molecule has 0 unspecified atom stereocenters. The minimum Gasteiger partial charge on any atom is -0.392 e. The molecular formula is C15H22FNO3S. The Morgan fingerprint density at radius 3 is 2.52 bits per heavy atom. The summed E-state index contributed by atoms with van der Waals surface area (Å²) in [6, 6.07) is 2.49. The minimum absolute atomic E-state index is 0.0497. The van der Waals surface area contributed by atoms with Gasteiger partial charge in [-0.05, 0) is 49.3 Å². The number of nitrogens with one attached hydrogen (secondary N) is 1. The maximum absolute atomic E-state index is 13.8. The number of halogens is 1. The molecule has 0 amide bonds. The molecule has 21 heavy (non-hydrogen) atoms. The van der Waals surface area contributed by atoms with E-state index in [2.05, 4.69) is 11.6 Å². The summed E-state index contributed by atoms with van der Waals surface area (Å²) in [6.07, 6.45) is 4.11. The molecule has 0 radical (unpaired) electrons. The van der Waals surface area contributed by atoms with Gasteiger partial charge in [0.2, 0.25) is 10.0 Å². The maximum Gasteiger partial charge on any atom is 0.240 e. The first-order valence-corrected chi connectivity index (χ1v) is 8.71. The van der Waals surface area contributed by atoms with Crippen molar-refractivity contribution in [1.29, 1.82) is 0 Å². The highest BCUT2D eigenvalue weighted by Gasteiger charge is 2.36. The Bertz CT molecular complexity index is 619. The van der Waals surface area contributed by atoms with E-state index in [0.717, 1.165) is 31.7 Å². The van der Waals surface area contributed by atoms with Gasteiger partial charge in [0, 0.05) is 12.1 Å². The minimum atomic E-state index is -3.77. The van der Waals surface area contributed by atoms with Gasteiger partial charge in [0.05, 0.1) is 11.5 Å². The van der Waals surface area contributed by atoms with Crippen LogP contribution in [-0.4, -0.2) is 20.1 Å². The average Bonchev–Trinajstić information content (AvgIpc) is 2.40. The number of hydrogen-bond donors (Lipinski definition) is 2. The van der Waals surface area contributed by atoms with Crippen molar-refractivity contribution < 1.29 is 17.9 Å². The molecule has 1 saturated carbocycles. The molecule has 1 aromatic rings. The summed E-state index contributed by atoms with van der Waals surface area (Å²) in [5.74, 6) is -0.615. The lowest BCUT2D eigenvalue weighted by Gasteiger charge is -2.41. The predicted molar refractivity (Wildman–Crippen MR) is 78.8 cm³/mol. The van der Waals surface area contributed by atoms with Crippen LogP contribution < -0.4 is 4.72 Å². The summed E-state index contributed by atoms with van der Waals surface area (Å²) in [6.45, 7) is 3.49. The van der Waals surface area contributed by atoms with Crippen molar-refractivity contribution in [2.75, 3.05) is 6.54 Å². The fraction of sp³-hybridized carbons (Fsp3) is 0.600. The zero-order valence-electron chi connectivity index (χ0n) is 12.4. The molecule has 1 aliphatic rings. The van der Waals surface area contributed by atoms with Crippen LogP contribution in [-0.2, 0) is 16.6 Å². The lowest BCUT2D eigenvalue weighted by Crippen LogP contribution is -2.41. The Labute approximate surface area is 125 Å². The predicted octanol–water partition coefficient (Wildman–Crippen LogP) is 2.49. The van der Waals surface area contributed by atoms with Gasteiger partial charge in [-0.1, -0.05) is 13.3 Å². The first kappa shape index (κ1) is 16.4. The molecule has 0 atom stereocenters. The van der Waals surface area contributed by atoms with Crippen molar-refractivity contribution in [3.05, 3.63) is 29.1 Å². The van der Waals surface area contributed by atoms with Gasteiger partial charge in [-0.2, -0.15) is 0 Å². The monoisotopic (exact) mass is 315 g/mol. The highest BCUT2D eigenvalue weighted by molar-refractivity contribution is 7.89. The van der Waals surface area contributed by atoms with Crippen molar-refractivity contribution >= 4 is 10.0 Å². The molecule has 0 bridgehead atoms. The Hall–Kier alpha value is -0.980. The summed E-state index contributed by atoms with van der Waals surface area (Å²) in [7, 11) is -3.77. The smallest absolute Gasteiger partial charge is 0.240 e. The Morgan fingerprint density at radius 2 is 2.05 bits per heavy atom. The lowest BCUT2D eigenvalue weighted by atomic mass is 9.67. The molecule has 0 spiro atoms. The third kappa shape index (κ3) is 3.27. The second-order valence-electron chi connectivity index (χ2n) is 5.89. The first-order chi connectivity index (χ1) is 9.83. The van der Waals surface area contributed by atoms with E-state index in [1.54, 1.807) is 0 Å². The van der Waals surface area contributed by atoms with Crippen LogP contribution in [0.1, 0.15) is 43.7 Å². The number of aliphatic hydroxyl groups excluding tert-OH is 1. The van der Waals surface area contributed by atoms with Crippen LogP contribution in [0, 0.1) is 18.2 Å². The molecule has 6 heteroatoms. The van der Waals surface area contributed by atoms with Crippen LogP contribution in [0.2, 0.25) is 0 Å². The molecule has 0 aromatic heterocycles. The number of hydrogen-bond acceptors (Lipinski definition) is 3. The summed E-state index contributed by atoms with van der Waals surface area (Å²) in [5, 5.41) is 9.11. The van der Waals surface area contributed by atoms with Crippen LogP contribution in [0.3, 0.4) is 0 Å². The summed E-state index contributed by atoms with van der Waals surface area (Å²) in [4.78, 5) is -0.0860. The Morgan fingerprint density at radius 1 is 1.38 bits per heavy atom. The molecule has 0 saturated heterocycles. The van der Waals surface area contributed by atoms with Crippen molar-refractivity contribution in [3.8, 4) is 0 Å². The molecule has 2 rings (SSSR count). The van der Waals surface area contributed by atoms with Crippen LogP contribution in [0.15, 0.2) is 17.0 Å². The van der Waals surface area contributed by atoms with E-state index >= 15 is 0 Å². The van der Waals surface area contributed by atoms with E-state index in [1.165, 1.54) is 13.0 Å². The van der Waals surface area contributed by atoms with Gasteiger partial charge in [0.25, 0.3) is 0 Å². The van der Waals surface area contributed by atoms with Gasteiger partial charge in [0.15, 0.2) is 0 Å². The van der Waals surface area contributed by atoms with E-state index in [9.17, 15) is 12.8 Å². The molecule has 0 aliphatic heterocycles. The largest absolute Gasteiger partial charge is 0.392 e. The van der Waals surface area contributed by atoms with Crippen LogP contribution in [0.5, 0.6) is 0 Å². The Kier molecular flexibility index (Phi) is 4.70. The van der Waals surface area contributed by atoms with Crippen molar-refractivity contribution in [3.63, 3.8) is 0 Å². The molecule has 0 heterocycles. The van der Waals surface area contributed by atoms with E-state index < -0.39 is 22.4 Å². The van der Waals surface area contributed by atoms with Crippen LogP contribution in [0.25, 0.3) is 0 Å². The summed E-state index contributed by atoms with van der Waals surface area (Å²) >= 11 is 0. The third-order valence-electron chi connectivity index (χ3n) is 4.63. The highest BCUT2D eigenvalue weighted by Crippen LogP contribution is 2.43. The molecule has 1 aliphatic carbocycles. The number of benzene rings is 1. The van der Waals surface area contributed by atoms with Crippen molar-refractivity contribution in [1.82, 2.24) is 4.72 Å². The maximum atomic E-state index is 13.8. The molecule has 4 nitrogen and oxygen atoms in total. The van der Waals surface area contributed by atoms with Crippen LogP contribution in [0.4, 0.5) is 4.39 Å². The summed E-state index contributed by atoms with van der Waals surface area (Å²) in [5.41, 5.74) is 0.389. The van der Waals surface area contributed by atoms with E-state index in [0.29, 0.717) is 6.54 Å². The molecule has 1 fully saturated rings. The second kappa shape index (κ2) is 6.02. The first-order valence-electron chi connectivity index (χ1n) is 7.23. The van der Waals surface area contributed by atoms with Crippen molar-refractivity contribution in [2.24, 2.45) is 5.41 Å². The van der Waals surface area contributed by atoms with Gasteiger partial charge in [0.1, 0.15) is 5.82 Å². The number of aliphatic hydroxyl groups is 1. The van der Waals surface area contributed by atoms with E-state index in [-0.39, 0.29) is 21.4 Å². The molecular weight excluding hydrogens is 293 g/mol. The van der Waals surface area contributed by atoms with E-state index in [1.807, 2.05) is 0 Å². The average molecular weight is 315 g/mol. The van der Waals surface area contributed by atoms with Gasteiger partial charge in [-0.25, -0.2) is 17.5 Å². The van der Waals surface area contributed by atoms with Gasteiger partial charge >= 0.3 is 0 Å². The number of sulfonamides is 1. The zero-order valence-corrected chi connectivity index (χ0v) is 13.3. The Balaban J connectivity index is 2.25. The van der Waals surface area contributed by atoms with Crippen LogP contribution >= 0.6 is 0 Å². The van der Waals surface area contributed by atoms with Gasteiger partial charge in [-0.3, -0.25) is 0 Å². The van der Waals surface area contributed by atoms with Gasteiger partial charge < -0.3 is 5.11 Å². The standard InChI is InChI=1S/C15H22FNO3S/c1-3-15(5-4-6-15)10-17-21(19,20)14-8-12(9-18)7-13(16)11(14)2/h7-8,17-18H,3-6,9-10H2,1-2H3. The highest BCUT2D eigenvalue weighted by atomic mass is 32.2. The quantitative estimate of drug-likeness (QED) is 0.847. The normalized spacial score (nSPS) is 17.5. The topological polar surface area (TPSA) is 66.4 Å². The third-order valence-corrected chi connectivity index (χ3v) is 6.16. The SMILES string of the molecule is CCC1(CNS(=O)(=O)c2cc(CO)cc(F)c2C)CCC1. The second-order valence-corrected chi connectivity index (χ2v) is 7.63. The molecule has 2 N–H and O–H groups in total. The zero-order chi connectivity index (χ0) is 15.7. The molecule has 1 aromatic carbocycles.